The quantitative estimate of drug-likeness (QED) is 0.565. The molecule has 0 aliphatic heterocycles. The minimum atomic E-state index is -3.09. The average molecular weight is 208 g/mol. The van der Waals surface area contributed by atoms with Crippen molar-refractivity contribution in [2.24, 2.45) is 0 Å². The second-order valence-corrected chi connectivity index (χ2v) is 6.66. The minimum Gasteiger partial charge on any atom is -0.460 e. The van der Waals surface area contributed by atoms with Crippen LogP contribution in [-0.4, -0.2) is 29.3 Å². The molecule has 0 rings (SSSR count). The van der Waals surface area contributed by atoms with Crippen LogP contribution in [0.25, 0.3) is 0 Å². The van der Waals surface area contributed by atoms with Crippen LogP contribution in [0.15, 0.2) is 0 Å². The number of carbonyl (C=O) groups excluding carboxylic acids is 1. The maximum atomic E-state index is 11.1. The van der Waals surface area contributed by atoms with Gasteiger partial charge in [-0.3, -0.25) is 9.36 Å². The fraction of sp³-hybridized carbons (Fsp3) is 0.875. The van der Waals surface area contributed by atoms with Gasteiger partial charge in [0.2, 0.25) is 0 Å². The number of hydrogen-bond acceptors (Lipinski definition) is 3. The summed E-state index contributed by atoms with van der Waals surface area (Å²) in [5.41, 5.74) is -0.524. The van der Waals surface area contributed by atoms with Crippen LogP contribution in [-0.2, 0) is 14.1 Å². The van der Waals surface area contributed by atoms with Crippen LogP contribution in [0.4, 0.5) is 0 Å². The molecule has 0 spiro atoms. The maximum absolute atomic E-state index is 11.1. The van der Waals surface area contributed by atoms with Gasteiger partial charge in [-0.25, -0.2) is 0 Å². The zero-order chi connectivity index (χ0) is 10.7. The minimum absolute atomic E-state index is 0.00154. The van der Waals surface area contributed by atoms with Gasteiger partial charge in [-0.1, -0.05) is 0 Å². The summed E-state index contributed by atoms with van der Waals surface area (Å²) >= 11 is 0. The molecule has 4 nitrogen and oxygen atoms in total. The van der Waals surface area contributed by atoms with E-state index in [0.29, 0.717) is 0 Å². The standard InChI is InChI=1S/C8H17O4P/c1-8(2,3)12-7(9)5-6-13(4,10)11/h5-6H2,1-4H3,(H,10,11). The van der Waals surface area contributed by atoms with Crippen molar-refractivity contribution >= 4 is 13.3 Å². The van der Waals surface area contributed by atoms with Gasteiger partial charge in [-0.15, -0.1) is 0 Å². The Morgan fingerprint density at radius 1 is 1.46 bits per heavy atom. The van der Waals surface area contributed by atoms with Gasteiger partial charge in [-0.05, 0) is 20.8 Å². The van der Waals surface area contributed by atoms with Crippen molar-refractivity contribution in [2.75, 3.05) is 12.8 Å². The van der Waals surface area contributed by atoms with E-state index in [-0.39, 0.29) is 12.6 Å². The van der Waals surface area contributed by atoms with Gasteiger partial charge in [0, 0.05) is 12.8 Å². The molecule has 0 aromatic carbocycles. The Bertz CT molecular complexity index is 223. The monoisotopic (exact) mass is 208 g/mol. The predicted octanol–water partition coefficient (Wildman–Crippen LogP) is 1.62. The van der Waals surface area contributed by atoms with Crippen molar-refractivity contribution in [3.05, 3.63) is 0 Å². The smallest absolute Gasteiger partial charge is 0.306 e. The zero-order valence-electron chi connectivity index (χ0n) is 8.53. The topological polar surface area (TPSA) is 63.6 Å². The Labute approximate surface area is 78.7 Å². The molecule has 0 radical (unpaired) electrons. The third-order valence-electron chi connectivity index (χ3n) is 1.15. The van der Waals surface area contributed by atoms with Gasteiger partial charge in [-0.2, -0.15) is 0 Å². The highest BCUT2D eigenvalue weighted by atomic mass is 31.2. The molecular weight excluding hydrogens is 191 g/mol. The number of hydrogen-bond donors (Lipinski definition) is 1. The van der Waals surface area contributed by atoms with E-state index in [4.69, 9.17) is 9.63 Å². The summed E-state index contributed by atoms with van der Waals surface area (Å²) in [6, 6.07) is 0. The summed E-state index contributed by atoms with van der Waals surface area (Å²) in [5.74, 6) is -0.427. The van der Waals surface area contributed by atoms with Crippen LogP contribution in [0.3, 0.4) is 0 Å². The molecule has 0 aromatic heterocycles. The highest BCUT2D eigenvalue weighted by Crippen LogP contribution is 2.35. The van der Waals surface area contributed by atoms with Crippen LogP contribution >= 0.6 is 7.37 Å². The van der Waals surface area contributed by atoms with Crippen molar-refractivity contribution in [1.29, 1.82) is 0 Å². The summed E-state index contributed by atoms with van der Waals surface area (Å²) in [4.78, 5) is 20.0. The summed E-state index contributed by atoms with van der Waals surface area (Å²) in [6.45, 7) is 6.51. The van der Waals surface area contributed by atoms with Gasteiger partial charge in [0.1, 0.15) is 5.60 Å². The molecule has 13 heavy (non-hydrogen) atoms. The summed E-state index contributed by atoms with van der Waals surface area (Å²) in [6.07, 6.45) is -0.0105. The van der Waals surface area contributed by atoms with E-state index in [1.807, 2.05) is 0 Å². The predicted molar refractivity (Wildman–Crippen MR) is 51.1 cm³/mol. The Hall–Kier alpha value is -0.340. The summed E-state index contributed by atoms with van der Waals surface area (Å²) < 4.78 is 15.8. The van der Waals surface area contributed by atoms with Gasteiger partial charge >= 0.3 is 5.97 Å². The molecular formula is C8H17O4P. The third-order valence-corrected chi connectivity index (χ3v) is 2.20. The molecule has 0 heterocycles. The molecule has 1 atom stereocenters. The van der Waals surface area contributed by atoms with Crippen molar-refractivity contribution in [1.82, 2.24) is 0 Å². The molecule has 0 bridgehead atoms. The molecule has 0 fully saturated rings. The highest BCUT2D eigenvalue weighted by Gasteiger charge is 2.18. The van der Waals surface area contributed by atoms with Gasteiger partial charge in [0.05, 0.1) is 6.42 Å². The summed E-state index contributed by atoms with van der Waals surface area (Å²) in [7, 11) is -3.09. The van der Waals surface area contributed by atoms with E-state index in [1.54, 1.807) is 20.8 Å². The lowest BCUT2D eigenvalue weighted by molar-refractivity contribution is -0.154. The van der Waals surface area contributed by atoms with Crippen molar-refractivity contribution in [3.8, 4) is 0 Å². The van der Waals surface area contributed by atoms with Gasteiger partial charge in [0.25, 0.3) is 0 Å². The molecule has 0 aromatic rings. The van der Waals surface area contributed by atoms with Crippen LogP contribution in [0.5, 0.6) is 0 Å². The number of esters is 1. The van der Waals surface area contributed by atoms with E-state index in [1.165, 1.54) is 6.66 Å². The normalized spacial score (nSPS) is 16.4. The van der Waals surface area contributed by atoms with Crippen LogP contribution < -0.4 is 0 Å². The van der Waals surface area contributed by atoms with Gasteiger partial charge < -0.3 is 9.63 Å². The second-order valence-electron chi connectivity index (χ2n) is 4.11. The van der Waals surface area contributed by atoms with E-state index in [9.17, 15) is 9.36 Å². The Kier molecular flexibility index (Phi) is 4.14. The Balaban J connectivity index is 3.85. The fourth-order valence-electron chi connectivity index (χ4n) is 0.691. The summed E-state index contributed by atoms with van der Waals surface area (Å²) in [5, 5.41) is 0. The van der Waals surface area contributed by atoms with Crippen LogP contribution in [0.2, 0.25) is 0 Å². The Morgan fingerprint density at radius 3 is 2.23 bits per heavy atom. The SMILES string of the molecule is CC(C)(C)OC(=O)CCP(C)(=O)O. The fourth-order valence-corrected chi connectivity index (χ4v) is 1.29. The van der Waals surface area contributed by atoms with Gasteiger partial charge in [0.15, 0.2) is 7.37 Å². The van der Waals surface area contributed by atoms with Crippen molar-refractivity contribution in [3.63, 3.8) is 0 Å². The largest absolute Gasteiger partial charge is 0.460 e. The van der Waals surface area contributed by atoms with E-state index in [2.05, 4.69) is 0 Å². The molecule has 1 N–H and O–H groups in total. The molecule has 0 amide bonds. The first-order valence-electron chi connectivity index (χ1n) is 4.11. The first-order chi connectivity index (χ1) is 5.60. The van der Waals surface area contributed by atoms with Crippen LogP contribution in [0.1, 0.15) is 27.2 Å². The number of rotatable bonds is 3. The van der Waals surface area contributed by atoms with Crippen LogP contribution in [0, 0.1) is 0 Å². The highest BCUT2D eigenvalue weighted by molar-refractivity contribution is 7.57. The molecule has 0 aliphatic carbocycles. The lowest BCUT2D eigenvalue weighted by Gasteiger charge is -2.19. The lowest BCUT2D eigenvalue weighted by Crippen LogP contribution is -2.24. The zero-order valence-corrected chi connectivity index (χ0v) is 9.43. The molecule has 78 valence electrons. The number of carbonyl (C=O) groups is 1. The maximum Gasteiger partial charge on any atom is 0.306 e. The molecule has 0 saturated carbocycles. The van der Waals surface area contributed by atoms with E-state index in [0.717, 1.165) is 0 Å². The first kappa shape index (κ1) is 12.7. The Morgan fingerprint density at radius 2 is 1.92 bits per heavy atom. The van der Waals surface area contributed by atoms with Crippen molar-refractivity contribution < 1.29 is 19.0 Å². The molecule has 1 unspecified atom stereocenters. The van der Waals surface area contributed by atoms with E-state index >= 15 is 0 Å². The molecule has 5 heteroatoms. The van der Waals surface area contributed by atoms with Crippen molar-refractivity contribution in [2.45, 2.75) is 32.8 Å². The third kappa shape index (κ3) is 9.57. The first-order valence-corrected chi connectivity index (χ1v) is 6.40. The molecule has 0 aliphatic rings. The lowest BCUT2D eigenvalue weighted by atomic mass is 10.2. The molecule has 0 saturated heterocycles. The van der Waals surface area contributed by atoms with E-state index < -0.39 is 18.9 Å². The average Bonchev–Trinajstić information content (AvgIpc) is 1.78. The number of ether oxygens (including phenoxy) is 1. The second kappa shape index (κ2) is 4.25.